The van der Waals surface area contributed by atoms with E-state index in [1.807, 2.05) is 0 Å². The van der Waals surface area contributed by atoms with E-state index in [0.29, 0.717) is 27.6 Å². The van der Waals surface area contributed by atoms with E-state index in [9.17, 15) is 0 Å². The minimum atomic E-state index is 0.312. The molecule has 0 aromatic carbocycles. The molecule has 1 atom stereocenters. The molecular formula is C16H34. The molecule has 0 N–H and O–H groups in total. The zero-order valence-corrected chi connectivity index (χ0v) is 13.6. The predicted molar refractivity (Wildman–Crippen MR) is 75.6 cm³/mol. The van der Waals surface area contributed by atoms with Crippen LogP contribution in [0.4, 0.5) is 0 Å². The molecule has 0 aliphatic heterocycles. The molecule has 0 aromatic heterocycles. The molecule has 0 bridgehead atoms. The summed E-state index contributed by atoms with van der Waals surface area (Å²) in [5.74, 6) is 0.689. The van der Waals surface area contributed by atoms with Gasteiger partial charge >= 0.3 is 0 Å². The van der Waals surface area contributed by atoms with Crippen LogP contribution in [-0.4, -0.2) is 0 Å². The van der Waals surface area contributed by atoms with Gasteiger partial charge in [0.15, 0.2) is 0 Å². The molecule has 1 unspecified atom stereocenters. The predicted octanol–water partition coefficient (Wildman–Crippen LogP) is 5.77. The van der Waals surface area contributed by atoms with Gasteiger partial charge in [0, 0.05) is 0 Å². The monoisotopic (exact) mass is 226 g/mol. The highest BCUT2D eigenvalue weighted by Crippen LogP contribution is 2.57. The van der Waals surface area contributed by atoms with Gasteiger partial charge in [-0.05, 0) is 27.6 Å². The van der Waals surface area contributed by atoms with Crippen molar-refractivity contribution in [3.8, 4) is 0 Å². The average Bonchev–Trinajstić information content (AvgIpc) is 1.98. The van der Waals surface area contributed by atoms with Crippen LogP contribution < -0.4 is 0 Å². The fourth-order valence-corrected chi connectivity index (χ4v) is 2.59. The Morgan fingerprint density at radius 3 is 1.12 bits per heavy atom. The number of rotatable bonds is 2. The topological polar surface area (TPSA) is 0 Å². The standard InChI is InChI=1S/C16H34/c1-12(13(2,3)4)15(8,9)16(10,11)14(5,6)7/h12H,1-11H3. The van der Waals surface area contributed by atoms with E-state index < -0.39 is 0 Å². The number of hydrogen-bond donors (Lipinski definition) is 0. The minimum absolute atomic E-state index is 0.312. The lowest BCUT2D eigenvalue weighted by molar-refractivity contribution is -0.0748. The summed E-state index contributed by atoms with van der Waals surface area (Å²) in [5.41, 5.74) is 1.33. The molecule has 0 saturated heterocycles. The van der Waals surface area contributed by atoms with Gasteiger partial charge in [0.05, 0.1) is 0 Å². The van der Waals surface area contributed by atoms with Gasteiger partial charge in [0.2, 0.25) is 0 Å². The van der Waals surface area contributed by atoms with Crippen molar-refractivity contribution >= 4 is 0 Å². The second-order valence-electron chi connectivity index (χ2n) is 8.68. The van der Waals surface area contributed by atoms with Gasteiger partial charge in [0.25, 0.3) is 0 Å². The molecule has 0 rings (SSSR count). The van der Waals surface area contributed by atoms with Gasteiger partial charge in [-0.25, -0.2) is 0 Å². The molecule has 0 heterocycles. The molecule has 0 amide bonds. The van der Waals surface area contributed by atoms with E-state index in [4.69, 9.17) is 0 Å². The average molecular weight is 226 g/mol. The second kappa shape index (κ2) is 4.03. The van der Waals surface area contributed by atoms with Crippen molar-refractivity contribution in [1.29, 1.82) is 0 Å². The van der Waals surface area contributed by atoms with Gasteiger partial charge in [-0.1, -0.05) is 76.2 Å². The lowest BCUT2D eigenvalue weighted by Gasteiger charge is -2.56. The third-order valence-electron chi connectivity index (χ3n) is 5.87. The lowest BCUT2D eigenvalue weighted by Crippen LogP contribution is -2.49. The molecule has 0 spiro atoms. The summed E-state index contributed by atoms with van der Waals surface area (Å²) in [6, 6.07) is 0. The molecule has 0 nitrogen and oxygen atoms in total. The maximum Gasteiger partial charge on any atom is -0.0252 e. The van der Waals surface area contributed by atoms with E-state index in [-0.39, 0.29) is 0 Å². The van der Waals surface area contributed by atoms with Gasteiger partial charge in [0.1, 0.15) is 0 Å². The van der Waals surface area contributed by atoms with Crippen molar-refractivity contribution in [3.05, 3.63) is 0 Å². The summed E-state index contributed by atoms with van der Waals surface area (Å²) in [6.07, 6.45) is 0. The molecule has 0 heteroatoms. The molecule has 0 aromatic rings. The molecular weight excluding hydrogens is 192 g/mol. The summed E-state index contributed by atoms with van der Waals surface area (Å²) in [4.78, 5) is 0. The van der Waals surface area contributed by atoms with Crippen molar-refractivity contribution in [2.24, 2.45) is 27.6 Å². The van der Waals surface area contributed by atoms with Crippen LogP contribution in [0.25, 0.3) is 0 Å². The maximum atomic E-state index is 2.44. The molecule has 0 radical (unpaired) electrons. The first-order chi connectivity index (χ1) is 6.65. The maximum absolute atomic E-state index is 2.44. The second-order valence-corrected chi connectivity index (χ2v) is 8.68. The first-order valence-corrected chi connectivity index (χ1v) is 6.65. The van der Waals surface area contributed by atoms with Crippen LogP contribution in [0.2, 0.25) is 0 Å². The fraction of sp³-hybridized carbons (Fsp3) is 1.00. The Balaban J connectivity index is 5.37. The Morgan fingerprint density at radius 2 is 0.938 bits per heavy atom. The van der Waals surface area contributed by atoms with E-state index >= 15 is 0 Å². The third-order valence-corrected chi connectivity index (χ3v) is 5.87. The van der Waals surface area contributed by atoms with Crippen molar-refractivity contribution in [2.45, 2.75) is 76.2 Å². The van der Waals surface area contributed by atoms with Crippen molar-refractivity contribution in [1.82, 2.24) is 0 Å². The summed E-state index contributed by atoms with van der Waals surface area (Å²) >= 11 is 0. The van der Waals surface area contributed by atoms with Crippen LogP contribution in [-0.2, 0) is 0 Å². The van der Waals surface area contributed by atoms with E-state index in [1.54, 1.807) is 0 Å². The zero-order valence-electron chi connectivity index (χ0n) is 13.6. The molecule has 0 saturated carbocycles. The van der Waals surface area contributed by atoms with Crippen LogP contribution in [0.15, 0.2) is 0 Å². The molecule has 0 aliphatic carbocycles. The SMILES string of the molecule is CC(C(C)(C)C)C(C)(C)C(C)(C)C(C)(C)C. The highest BCUT2D eigenvalue weighted by atomic mass is 14.5. The molecule has 98 valence electrons. The molecule has 0 aliphatic rings. The van der Waals surface area contributed by atoms with Crippen LogP contribution >= 0.6 is 0 Å². The van der Waals surface area contributed by atoms with Gasteiger partial charge < -0.3 is 0 Å². The van der Waals surface area contributed by atoms with E-state index in [0.717, 1.165) is 0 Å². The Bertz CT molecular complexity index is 230. The lowest BCUT2D eigenvalue weighted by atomic mass is 9.49. The first kappa shape index (κ1) is 16.0. The highest BCUT2D eigenvalue weighted by molar-refractivity contribution is 4.99. The van der Waals surface area contributed by atoms with Gasteiger partial charge in [-0.15, -0.1) is 0 Å². The largest absolute Gasteiger partial charge is 0.0615 e. The Hall–Kier alpha value is 0. The van der Waals surface area contributed by atoms with Crippen LogP contribution in [0.1, 0.15) is 76.2 Å². The first-order valence-electron chi connectivity index (χ1n) is 6.65. The van der Waals surface area contributed by atoms with Crippen LogP contribution in [0.5, 0.6) is 0 Å². The summed E-state index contributed by atoms with van der Waals surface area (Å²) < 4.78 is 0. The highest BCUT2D eigenvalue weighted by Gasteiger charge is 2.50. The Kier molecular flexibility index (Phi) is 4.03. The third kappa shape index (κ3) is 2.63. The van der Waals surface area contributed by atoms with Gasteiger partial charge in [-0.3, -0.25) is 0 Å². The minimum Gasteiger partial charge on any atom is -0.0615 e. The van der Waals surface area contributed by atoms with Crippen molar-refractivity contribution < 1.29 is 0 Å². The Labute approximate surface area is 104 Å². The van der Waals surface area contributed by atoms with E-state index in [1.165, 1.54) is 0 Å². The van der Waals surface area contributed by atoms with Crippen LogP contribution in [0, 0.1) is 27.6 Å². The van der Waals surface area contributed by atoms with Crippen molar-refractivity contribution in [2.75, 3.05) is 0 Å². The van der Waals surface area contributed by atoms with E-state index in [2.05, 4.69) is 76.2 Å². The summed E-state index contributed by atoms with van der Waals surface area (Å²) in [5, 5.41) is 0. The summed E-state index contributed by atoms with van der Waals surface area (Å²) in [7, 11) is 0. The fourth-order valence-electron chi connectivity index (χ4n) is 2.59. The molecule has 0 fully saturated rings. The van der Waals surface area contributed by atoms with Crippen molar-refractivity contribution in [3.63, 3.8) is 0 Å². The van der Waals surface area contributed by atoms with Crippen LogP contribution in [0.3, 0.4) is 0 Å². The molecule has 16 heavy (non-hydrogen) atoms. The number of hydrogen-bond acceptors (Lipinski definition) is 0. The Morgan fingerprint density at radius 1 is 0.625 bits per heavy atom. The smallest absolute Gasteiger partial charge is 0.0252 e. The van der Waals surface area contributed by atoms with Gasteiger partial charge in [-0.2, -0.15) is 0 Å². The normalized spacial score (nSPS) is 17.4. The quantitative estimate of drug-likeness (QED) is 0.561. The zero-order chi connectivity index (χ0) is 13.6. The summed E-state index contributed by atoms with van der Waals surface area (Å²) in [6.45, 7) is 26.3.